The highest BCUT2D eigenvalue weighted by atomic mass is 19.1. The molecule has 0 aliphatic rings. The number of hydrogen-bond donors (Lipinski definition) is 1. The van der Waals surface area contributed by atoms with Crippen LogP contribution in [0.25, 0.3) is 22.6 Å². The highest BCUT2D eigenvalue weighted by molar-refractivity contribution is 6.02. The average molecular weight is 361 g/mol. The van der Waals surface area contributed by atoms with Crippen molar-refractivity contribution in [1.29, 1.82) is 0 Å². The molecule has 1 aromatic heterocycles. The number of fused-ring (bicyclic) bond motifs is 1. The van der Waals surface area contributed by atoms with Crippen molar-refractivity contribution in [3.05, 3.63) is 78.6 Å². The van der Waals surface area contributed by atoms with E-state index in [0.29, 0.717) is 28.2 Å². The third-order valence-corrected chi connectivity index (χ3v) is 4.18. The van der Waals surface area contributed by atoms with Gasteiger partial charge in [-0.25, -0.2) is 14.2 Å². The number of carbonyl (C=O) groups excluding carboxylic acids is 1. The third-order valence-electron chi connectivity index (χ3n) is 4.18. The lowest BCUT2D eigenvalue weighted by atomic mass is 10.2. The maximum atomic E-state index is 13.1. The van der Waals surface area contributed by atoms with Gasteiger partial charge in [0.05, 0.1) is 0 Å². The second kappa shape index (κ2) is 6.92. The van der Waals surface area contributed by atoms with E-state index in [4.69, 9.17) is 4.42 Å². The van der Waals surface area contributed by atoms with Crippen LogP contribution in [0.3, 0.4) is 0 Å². The Morgan fingerprint density at radius 3 is 2.52 bits per heavy atom. The minimum absolute atomic E-state index is 0.265. The number of amides is 2. The van der Waals surface area contributed by atoms with Gasteiger partial charge < -0.3 is 9.73 Å². The zero-order valence-corrected chi connectivity index (χ0v) is 14.5. The summed E-state index contributed by atoms with van der Waals surface area (Å²) in [6.07, 6.45) is 0. The van der Waals surface area contributed by atoms with Crippen LogP contribution in [0.15, 0.2) is 77.2 Å². The highest BCUT2D eigenvalue weighted by Crippen LogP contribution is 2.26. The minimum Gasteiger partial charge on any atom is -0.436 e. The van der Waals surface area contributed by atoms with Crippen molar-refractivity contribution in [3.8, 4) is 11.5 Å². The Labute approximate surface area is 155 Å². The quantitative estimate of drug-likeness (QED) is 0.538. The second-order valence-electron chi connectivity index (χ2n) is 6.03. The number of halogens is 1. The van der Waals surface area contributed by atoms with Crippen molar-refractivity contribution in [1.82, 2.24) is 4.98 Å². The summed E-state index contributed by atoms with van der Waals surface area (Å²) in [5, 5.41) is 2.84. The molecule has 4 rings (SSSR count). The first-order valence-electron chi connectivity index (χ1n) is 8.36. The van der Waals surface area contributed by atoms with E-state index >= 15 is 0 Å². The first-order valence-corrected chi connectivity index (χ1v) is 8.36. The Bertz CT molecular complexity index is 1090. The Morgan fingerprint density at radius 1 is 1.04 bits per heavy atom. The summed E-state index contributed by atoms with van der Waals surface area (Å²) >= 11 is 0. The molecule has 1 N–H and O–H groups in total. The van der Waals surface area contributed by atoms with Crippen LogP contribution in [0.4, 0.5) is 20.6 Å². The molecule has 1 heterocycles. The normalized spacial score (nSPS) is 10.7. The molecule has 0 fully saturated rings. The topological polar surface area (TPSA) is 58.4 Å². The second-order valence-corrected chi connectivity index (χ2v) is 6.03. The number of rotatable bonds is 3. The Hall–Kier alpha value is -3.67. The van der Waals surface area contributed by atoms with E-state index in [9.17, 15) is 9.18 Å². The number of para-hydroxylation sites is 1. The molecule has 4 aromatic rings. The first-order chi connectivity index (χ1) is 13.1. The van der Waals surface area contributed by atoms with E-state index in [-0.39, 0.29) is 11.8 Å². The number of urea groups is 1. The fourth-order valence-corrected chi connectivity index (χ4v) is 2.69. The van der Waals surface area contributed by atoms with E-state index in [1.54, 1.807) is 37.4 Å². The number of hydrogen-bond acceptors (Lipinski definition) is 3. The van der Waals surface area contributed by atoms with Crippen molar-refractivity contribution in [2.24, 2.45) is 0 Å². The van der Waals surface area contributed by atoms with Gasteiger partial charge in [-0.1, -0.05) is 18.2 Å². The molecular weight excluding hydrogens is 345 g/mol. The Kier molecular flexibility index (Phi) is 4.30. The van der Waals surface area contributed by atoms with Gasteiger partial charge in [0.25, 0.3) is 0 Å². The fraction of sp³-hybridized carbons (Fsp3) is 0.0476. The predicted octanol–water partition coefficient (Wildman–Crippen LogP) is 5.30. The van der Waals surface area contributed by atoms with Crippen molar-refractivity contribution in [2.45, 2.75) is 0 Å². The van der Waals surface area contributed by atoms with Crippen molar-refractivity contribution >= 4 is 28.5 Å². The van der Waals surface area contributed by atoms with Gasteiger partial charge in [-0.05, 0) is 48.5 Å². The molecule has 0 aliphatic heterocycles. The maximum Gasteiger partial charge on any atom is 0.326 e. The fourth-order valence-electron chi connectivity index (χ4n) is 2.69. The molecule has 0 radical (unpaired) electrons. The zero-order valence-electron chi connectivity index (χ0n) is 14.5. The highest BCUT2D eigenvalue weighted by Gasteiger charge is 2.13. The van der Waals surface area contributed by atoms with Gasteiger partial charge in [0.2, 0.25) is 5.89 Å². The molecule has 0 unspecified atom stereocenters. The summed E-state index contributed by atoms with van der Waals surface area (Å²) < 4.78 is 18.8. The third kappa shape index (κ3) is 3.50. The van der Waals surface area contributed by atoms with Gasteiger partial charge >= 0.3 is 6.03 Å². The minimum atomic E-state index is -0.317. The van der Waals surface area contributed by atoms with Crippen LogP contribution in [0.5, 0.6) is 0 Å². The van der Waals surface area contributed by atoms with Gasteiger partial charge in [0.1, 0.15) is 11.3 Å². The number of benzene rings is 3. The van der Waals surface area contributed by atoms with Crippen LogP contribution in [0, 0.1) is 5.82 Å². The molecule has 0 atom stereocenters. The van der Waals surface area contributed by atoms with Crippen LogP contribution in [0.1, 0.15) is 0 Å². The molecule has 0 bridgehead atoms. The van der Waals surface area contributed by atoms with Crippen LogP contribution in [-0.4, -0.2) is 18.1 Å². The van der Waals surface area contributed by atoms with E-state index in [0.717, 1.165) is 5.69 Å². The van der Waals surface area contributed by atoms with Gasteiger partial charge in [-0.15, -0.1) is 0 Å². The van der Waals surface area contributed by atoms with Gasteiger partial charge in [-0.3, -0.25) is 4.90 Å². The summed E-state index contributed by atoms with van der Waals surface area (Å²) in [4.78, 5) is 18.4. The summed E-state index contributed by atoms with van der Waals surface area (Å²) in [6, 6.07) is 20.3. The molecule has 5 nitrogen and oxygen atoms in total. The number of nitrogens with one attached hydrogen (secondary N) is 1. The molecule has 0 saturated heterocycles. The van der Waals surface area contributed by atoms with Gasteiger partial charge in [-0.2, -0.15) is 0 Å². The number of carbonyl (C=O) groups is 1. The van der Waals surface area contributed by atoms with E-state index < -0.39 is 0 Å². The monoisotopic (exact) mass is 361 g/mol. The van der Waals surface area contributed by atoms with Crippen molar-refractivity contribution in [3.63, 3.8) is 0 Å². The van der Waals surface area contributed by atoms with Crippen LogP contribution < -0.4 is 10.2 Å². The molecule has 0 spiro atoms. The molecular formula is C21H16FN3O2. The number of anilines is 2. The largest absolute Gasteiger partial charge is 0.436 e. The molecule has 134 valence electrons. The Morgan fingerprint density at radius 2 is 1.78 bits per heavy atom. The van der Waals surface area contributed by atoms with Crippen LogP contribution in [0.2, 0.25) is 0 Å². The number of nitrogens with zero attached hydrogens (tertiary/aromatic N) is 2. The van der Waals surface area contributed by atoms with E-state index in [2.05, 4.69) is 10.3 Å². The zero-order chi connectivity index (χ0) is 18.8. The van der Waals surface area contributed by atoms with Crippen molar-refractivity contribution in [2.75, 3.05) is 17.3 Å². The maximum absolute atomic E-state index is 13.1. The lowest BCUT2D eigenvalue weighted by molar-refractivity contribution is 0.258. The Balaban J connectivity index is 1.56. The molecule has 3 aromatic carbocycles. The number of aromatic nitrogens is 1. The smallest absolute Gasteiger partial charge is 0.326 e. The molecule has 6 heteroatoms. The molecule has 2 amide bonds. The van der Waals surface area contributed by atoms with Gasteiger partial charge in [0, 0.05) is 30.1 Å². The van der Waals surface area contributed by atoms with E-state index in [1.807, 2.05) is 30.3 Å². The van der Waals surface area contributed by atoms with Crippen molar-refractivity contribution < 1.29 is 13.6 Å². The van der Waals surface area contributed by atoms with Crippen LogP contribution >= 0.6 is 0 Å². The van der Waals surface area contributed by atoms with Crippen LogP contribution in [-0.2, 0) is 0 Å². The first kappa shape index (κ1) is 16.8. The summed E-state index contributed by atoms with van der Waals surface area (Å²) in [5.74, 6) is 0.0808. The number of oxazole rings is 1. The summed E-state index contributed by atoms with van der Waals surface area (Å²) in [6.45, 7) is 0. The summed E-state index contributed by atoms with van der Waals surface area (Å²) in [5.41, 5.74) is 3.26. The SMILES string of the molecule is CN(C(=O)Nc1ccc2nc(-c3ccc(F)cc3)oc2c1)c1ccccc1. The molecule has 27 heavy (non-hydrogen) atoms. The molecule has 0 saturated carbocycles. The van der Waals surface area contributed by atoms with E-state index in [1.165, 1.54) is 17.0 Å². The lowest BCUT2D eigenvalue weighted by Crippen LogP contribution is -2.31. The average Bonchev–Trinajstić information content (AvgIpc) is 3.12. The van der Waals surface area contributed by atoms with Gasteiger partial charge in [0.15, 0.2) is 5.58 Å². The lowest BCUT2D eigenvalue weighted by Gasteiger charge is -2.17. The predicted molar refractivity (Wildman–Crippen MR) is 103 cm³/mol. The molecule has 0 aliphatic carbocycles. The standard InChI is InChI=1S/C21H16FN3O2/c1-25(17-5-3-2-4-6-17)21(26)23-16-11-12-18-19(13-16)27-20(24-18)14-7-9-15(22)10-8-14/h2-13H,1H3,(H,23,26). The summed E-state index contributed by atoms with van der Waals surface area (Å²) in [7, 11) is 1.70.